The van der Waals surface area contributed by atoms with Crippen LogP contribution in [0.4, 0.5) is 0 Å². The molecule has 2 aliphatic rings. The molecule has 1 aliphatic carbocycles. The summed E-state index contributed by atoms with van der Waals surface area (Å²) in [5, 5.41) is 3.86. The first-order valence-electron chi connectivity index (χ1n) is 6.82. The lowest BCUT2D eigenvalue weighted by Crippen LogP contribution is -2.45. The monoisotopic (exact) mass is 230 g/mol. The third-order valence-corrected chi connectivity index (χ3v) is 4.24. The summed E-state index contributed by atoms with van der Waals surface area (Å²) in [6, 6.07) is 10.3. The van der Waals surface area contributed by atoms with Gasteiger partial charge in [-0.05, 0) is 56.9 Å². The highest BCUT2D eigenvalue weighted by atomic mass is 15.1. The van der Waals surface area contributed by atoms with E-state index in [1.807, 2.05) is 0 Å². The van der Waals surface area contributed by atoms with Crippen molar-refractivity contribution in [3.05, 3.63) is 35.4 Å². The molecule has 0 aromatic heterocycles. The highest BCUT2D eigenvalue weighted by molar-refractivity contribution is 5.33. The maximum absolute atomic E-state index is 3.86. The van der Waals surface area contributed by atoms with E-state index in [0.717, 1.165) is 6.04 Å². The molecule has 2 nitrogen and oxygen atoms in total. The minimum absolute atomic E-state index is 0.681. The molecular formula is C15H22N2. The number of hydrogen-bond donors (Lipinski definition) is 1. The predicted molar refractivity (Wildman–Crippen MR) is 71.3 cm³/mol. The van der Waals surface area contributed by atoms with E-state index in [2.05, 4.69) is 41.5 Å². The highest BCUT2D eigenvalue weighted by Gasteiger charge is 2.24. The van der Waals surface area contributed by atoms with Gasteiger partial charge in [0.1, 0.15) is 0 Å². The number of fused-ring (bicyclic) bond motifs is 1. The number of piperidine rings is 1. The van der Waals surface area contributed by atoms with Crippen LogP contribution in [0.2, 0.25) is 0 Å². The smallest absolute Gasteiger partial charge is 0.0151 e. The second kappa shape index (κ2) is 4.79. The molecule has 92 valence electrons. The van der Waals surface area contributed by atoms with Crippen molar-refractivity contribution in [1.82, 2.24) is 10.2 Å². The summed E-state index contributed by atoms with van der Waals surface area (Å²) >= 11 is 0. The van der Waals surface area contributed by atoms with Crippen LogP contribution in [-0.2, 0) is 12.8 Å². The molecule has 0 atom stereocenters. The minimum atomic E-state index is 0.681. The normalized spacial score (nSPS) is 22.9. The Hall–Kier alpha value is -0.860. The summed E-state index contributed by atoms with van der Waals surface area (Å²) in [5.74, 6) is 0. The summed E-state index contributed by atoms with van der Waals surface area (Å²) in [5.41, 5.74) is 3.11. The average molecular weight is 230 g/mol. The standard InChI is InChI=1S/C15H22N2/c1-17-8-6-14(7-9-17)16-15-10-12-4-2-3-5-13(12)11-15/h2-5,14-16H,6-11H2,1H3. The lowest BCUT2D eigenvalue weighted by atomic mass is 10.0. The van der Waals surface area contributed by atoms with Crippen molar-refractivity contribution in [2.45, 2.75) is 37.8 Å². The van der Waals surface area contributed by atoms with Crippen LogP contribution in [0, 0.1) is 0 Å². The lowest BCUT2D eigenvalue weighted by Gasteiger charge is -2.31. The van der Waals surface area contributed by atoms with Crippen molar-refractivity contribution in [1.29, 1.82) is 0 Å². The Labute approximate surface area is 104 Å². The molecule has 1 heterocycles. The maximum Gasteiger partial charge on any atom is 0.0151 e. The molecule has 1 aliphatic heterocycles. The van der Waals surface area contributed by atoms with Gasteiger partial charge in [-0.25, -0.2) is 0 Å². The van der Waals surface area contributed by atoms with Crippen molar-refractivity contribution in [2.24, 2.45) is 0 Å². The van der Waals surface area contributed by atoms with Gasteiger partial charge in [0.25, 0.3) is 0 Å². The molecule has 0 spiro atoms. The van der Waals surface area contributed by atoms with Gasteiger partial charge in [0.05, 0.1) is 0 Å². The van der Waals surface area contributed by atoms with E-state index < -0.39 is 0 Å². The van der Waals surface area contributed by atoms with E-state index >= 15 is 0 Å². The fourth-order valence-corrected chi connectivity index (χ4v) is 3.19. The molecule has 0 radical (unpaired) electrons. The van der Waals surface area contributed by atoms with Crippen molar-refractivity contribution in [3.63, 3.8) is 0 Å². The number of benzene rings is 1. The SMILES string of the molecule is CN1CCC(NC2Cc3ccccc3C2)CC1. The zero-order valence-corrected chi connectivity index (χ0v) is 10.7. The van der Waals surface area contributed by atoms with Crippen LogP contribution >= 0.6 is 0 Å². The van der Waals surface area contributed by atoms with Crippen molar-refractivity contribution in [3.8, 4) is 0 Å². The molecular weight excluding hydrogens is 208 g/mol. The molecule has 17 heavy (non-hydrogen) atoms. The van der Waals surface area contributed by atoms with Crippen LogP contribution in [0.1, 0.15) is 24.0 Å². The maximum atomic E-state index is 3.86. The van der Waals surface area contributed by atoms with E-state index in [4.69, 9.17) is 0 Å². The van der Waals surface area contributed by atoms with Crippen LogP contribution in [0.3, 0.4) is 0 Å². The van der Waals surface area contributed by atoms with Crippen molar-refractivity contribution >= 4 is 0 Å². The Bertz CT molecular complexity index is 355. The summed E-state index contributed by atoms with van der Waals surface area (Å²) < 4.78 is 0. The van der Waals surface area contributed by atoms with Gasteiger partial charge >= 0.3 is 0 Å². The molecule has 1 aromatic carbocycles. The van der Waals surface area contributed by atoms with E-state index in [9.17, 15) is 0 Å². The van der Waals surface area contributed by atoms with E-state index in [1.54, 1.807) is 11.1 Å². The second-order valence-corrected chi connectivity index (χ2v) is 5.62. The first-order valence-corrected chi connectivity index (χ1v) is 6.82. The molecule has 2 heteroatoms. The molecule has 1 fully saturated rings. The Morgan fingerprint density at radius 3 is 2.18 bits per heavy atom. The number of hydrogen-bond acceptors (Lipinski definition) is 2. The zero-order valence-electron chi connectivity index (χ0n) is 10.7. The first kappa shape index (κ1) is 11.2. The van der Waals surface area contributed by atoms with E-state index in [-0.39, 0.29) is 0 Å². The van der Waals surface area contributed by atoms with Gasteiger partial charge in [-0.15, -0.1) is 0 Å². The van der Waals surface area contributed by atoms with Gasteiger partial charge in [0.15, 0.2) is 0 Å². The Morgan fingerprint density at radius 2 is 1.59 bits per heavy atom. The number of nitrogens with zero attached hydrogens (tertiary/aromatic N) is 1. The Kier molecular flexibility index (Phi) is 3.17. The first-order chi connectivity index (χ1) is 8.31. The second-order valence-electron chi connectivity index (χ2n) is 5.62. The molecule has 3 rings (SSSR count). The van der Waals surface area contributed by atoms with E-state index in [1.165, 1.54) is 38.8 Å². The third kappa shape index (κ3) is 2.53. The molecule has 1 aromatic rings. The number of likely N-dealkylation sites (tertiary alicyclic amines) is 1. The summed E-state index contributed by atoms with van der Waals surface area (Å²) in [6.45, 7) is 2.49. The third-order valence-electron chi connectivity index (χ3n) is 4.24. The fraction of sp³-hybridized carbons (Fsp3) is 0.600. The van der Waals surface area contributed by atoms with Crippen LogP contribution in [0.15, 0.2) is 24.3 Å². The molecule has 0 unspecified atom stereocenters. The zero-order chi connectivity index (χ0) is 11.7. The molecule has 1 saturated heterocycles. The predicted octanol–water partition coefficient (Wildman–Crippen LogP) is 1.84. The van der Waals surface area contributed by atoms with Crippen LogP contribution in [0.5, 0.6) is 0 Å². The average Bonchev–Trinajstić information content (AvgIpc) is 2.74. The van der Waals surface area contributed by atoms with E-state index in [0.29, 0.717) is 6.04 Å². The molecule has 1 N–H and O–H groups in total. The van der Waals surface area contributed by atoms with Gasteiger partial charge in [0.2, 0.25) is 0 Å². The summed E-state index contributed by atoms with van der Waals surface area (Å²) in [6.07, 6.45) is 5.07. The van der Waals surface area contributed by atoms with Gasteiger partial charge in [-0.3, -0.25) is 0 Å². The topological polar surface area (TPSA) is 15.3 Å². The molecule has 0 saturated carbocycles. The quantitative estimate of drug-likeness (QED) is 0.834. The summed E-state index contributed by atoms with van der Waals surface area (Å²) in [4.78, 5) is 2.43. The fourth-order valence-electron chi connectivity index (χ4n) is 3.19. The molecule has 0 bridgehead atoms. The van der Waals surface area contributed by atoms with Crippen molar-refractivity contribution < 1.29 is 0 Å². The van der Waals surface area contributed by atoms with Gasteiger partial charge in [-0.2, -0.15) is 0 Å². The highest BCUT2D eigenvalue weighted by Crippen LogP contribution is 2.23. The Balaban J connectivity index is 1.55. The van der Waals surface area contributed by atoms with Crippen LogP contribution in [-0.4, -0.2) is 37.1 Å². The largest absolute Gasteiger partial charge is 0.310 e. The van der Waals surface area contributed by atoms with Gasteiger partial charge in [0, 0.05) is 12.1 Å². The van der Waals surface area contributed by atoms with Gasteiger partial charge in [-0.1, -0.05) is 24.3 Å². The molecule has 0 amide bonds. The van der Waals surface area contributed by atoms with Gasteiger partial charge < -0.3 is 10.2 Å². The Morgan fingerprint density at radius 1 is 1.00 bits per heavy atom. The van der Waals surface area contributed by atoms with Crippen LogP contribution in [0.25, 0.3) is 0 Å². The number of nitrogens with one attached hydrogen (secondary N) is 1. The number of rotatable bonds is 2. The minimum Gasteiger partial charge on any atom is -0.310 e. The van der Waals surface area contributed by atoms with Crippen molar-refractivity contribution in [2.75, 3.05) is 20.1 Å². The lowest BCUT2D eigenvalue weighted by molar-refractivity contribution is 0.225. The van der Waals surface area contributed by atoms with Crippen LogP contribution < -0.4 is 5.32 Å². The summed E-state index contributed by atoms with van der Waals surface area (Å²) in [7, 11) is 2.22.